The number of carbonyl (C=O) groups is 1. The number of ether oxygens (including phenoxy) is 1. The van der Waals surface area contributed by atoms with Crippen LogP contribution < -0.4 is 5.32 Å². The summed E-state index contributed by atoms with van der Waals surface area (Å²) < 4.78 is 5.43. The minimum atomic E-state index is -0.173. The van der Waals surface area contributed by atoms with E-state index in [-0.39, 0.29) is 12.5 Å². The Labute approximate surface area is 113 Å². The van der Waals surface area contributed by atoms with Crippen LogP contribution in [-0.2, 0) is 9.53 Å². The second-order valence-electron chi connectivity index (χ2n) is 4.91. The van der Waals surface area contributed by atoms with Crippen molar-refractivity contribution in [3.63, 3.8) is 0 Å². The maximum atomic E-state index is 11.7. The fourth-order valence-electron chi connectivity index (χ4n) is 2.36. The molecule has 1 saturated carbocycles. The SMILES string of the molecule is N#Cc1cccc(NC(=O)COCC2CCCC2)c1. The Morgan fingerprint density at radius 2 is 2.21 bits per heavy atom. The molecule has 4 nitrogen and oxygen atoms in total. The van der Waals surface area contributed by atoms with Crippen molar-refractivity contribution in [3.8, 4) is 6.07 Å². The predicted octanol–water partition coefficient (Wildman–Crippen LogP) is 2.70. The van der Waals surface area contributed by atoms with Crippen LogP contribution in [0.5, 0.6) is 0 Å². The highest BCUT2D eigenvalue weighted by atomic mass is 16.5. The summed E-state index contributed by atoms with van der Waals surface area (Å²) in [5, 5.41) is 11.5. The number of nitrogens with one attached hydrogen (secondary N) is 1. The van der Waals surface area contributed by atoms with Gasteiger partial charge in [-0.05, 0) is 37.0 Å². The first-order valence-corrected chi connectivity index (χ1v) is 6.65. The third-order valence-electron chi connectivity index (χ3n) is 3.34. The van der Waals surface area contributed by atoms with E-state index in [1.165, 1.54) is 25.7 Å². The number of rotatable bonds is 5. The fourth-order valence-corrected chi connectivity index (χ4v) is 2.36. The number of carbonyl (C=O) groups excluding carboxylic acids is 1. The van der Waals surface area contributed by atoms with Crippen LogP contribution in [0.15, 0.2) is 24.3 Å². The van der Waals surface area contributed by atoms with Crippen molar-refractivity contribution >= 4 is 11.6 Å². The summed E-state index contributed by atoms with van der Waals surface area (Å²) in [6.45, 7) is 0.749. The van der Waals surface area contributed by atoms with Gasteiger partial charge in [0.1, 0.15) is 6.61 Å². The molecule has 0 saturated heterocycles. The summed E-state index contributed by atoms with van der Waals surface area (Å²) >= 11 is 0. The molecular weight excluding hydrogens is 240 g/mol. The van der Waals surface area contributed by atoms with Crippen molar-refractivity contribution in [2.24, 2.45) is 5.92 Å². The number of hydrogen-bond donors (Lipinski definition) is 1. The van der Waals surface area contributed by atoms with Crippen LogP contribution in [-0.4, -0.2) is 19.1 Å². The molecule has 2 rings (SSSR count). The molecule has 0 aromatic heterocycles. The van der Waals surface area contributed by atoms with Gasteiger partial charge in [0.2, 0.25) is 5.91 Å². The highest BCUT2D eigenvalue weighted by molar-refractivity contribution is 5.91. The first-order chi connectivity index (χ1) is 9.28. The van der Waals surface area contributed by atoms with Crippen molar-refractivity contribution in [1.82, 2.24) is 0 Å². The fraction of sp³-hybridized carbons (Fsp3) is 0.467. The average Bonchev–Trinajstić information content (AvgIpc) is 2.92. The maximum Gasteiger partial charge on any atom is 0.250 e. The number of nitriles is 1. The lowest BCUT2D eigenvalue weighted by molar-refractivity contribution is -0.121. The van der Waals surface area contributed by atoms with E-state index in [0.717, 1.165) is 0 Å². The van der Waals surface area contributed by atoms with E-state index >= 15 is 0 Å². The number of amides is 1. The van der Waals surface area contributed by atoms with Crippen molar-refractivity contribution in [2.45, 2.75) is 25.7 Å². The minimum absolute atomic E-state index is 0.0767. The zero-order valence-electron chi connectivity index (χ0n) is 10.9. The second-order valence-corrected chi connectivity index (χ2v) is 4.91. The summed E-state index contributed by atoms with van der Waals surface area (Å²) in [4.78, 5) is 11.7. The Morgan fingerprint density at radius 3 is 2.95 bits per heavy atom. The van der Waals surface area contributed by atoms with E-state index in [1.54, 1.807) is 24.3 Å². The Morgan fingerprint density at radius 1 is 1.42 bits per heavy atom. The van der Waals surface area contributed by atoms with Crippen LogP contribution in [0.4, 0.5) is 5.69 Å². The van der Waals surface area contributed by atoms with Gasteiger partial charge >= 0.3 is 0 Å². The summed E-state index contributed by atoms with van der Waals surface area (Å²) in [5.41, 5.74) is 1.16. The Bertz CT molecular complexity index is 473. The van der Waals surface area contributed by atoms with E-state index in [0.29, 0.717) is 23.8 Å². The van der Waals surface area contributed by atoms with Crippen molar-refractivity contribution < 1.29 is 9.53 Å². The third-order valence-corrected chi connectivity index (χ3v) is 3.34. The lowest BCUT2D eigenvalue weighted by Crippen LogP contribution is -2.20. The smallest absolute Gasteiger partial charge is 0.250 e. The summed E-state index contributed by atoms with van der Waals surface area (Å²) in [5.74, 6) is 0.447. The summed E-state index contributed by atoms with van der Waals surface area (Å²) in [7, 11) is 0. The lowest BCUT2D eigenvalue weighted by atomic mass is 10.1. The van der Waals surface area contributed by atoms with E-state index in [9.17, 15) is 4.79 Å². The first kappa shape index (κ1) is 13.6. The van der Waals surface area contributed by atoms with Gasteiger partial charge in [0.05, 0.1) is 18.2 Å². The highest BCUT2D eigenvalue weighted by Gasteiger charge is 2.15. The molecule has 19 heavy (non-hydrogen) atoms. The van der Waals surface area contributed by atoms with Gasteiger partial charge in [-0.1, -0.05) is 18.9 Å². The molecule has 0 atom stereocenters. The normalized spacial score (nSPS) is 15.1. The molecule has 0 bridgehead atoms. The number of anilines is 1. The van der Waals surface area contributed by atoms with Gasteiger partial charge in [-0.15, -0.1) is 0 Å². The summed E-state index contributed by atoms with van der Waals surface area (Å²) in [6, 6.07) is 8.89. The Kier molecular flexibility index (Phi) is 4.93. The average molecular weight is 258 g/mol. The van der Waals surface area contributed by atoms with Crippen molar-refractivity contribution in [1.29, 1.82) is 5.26 Å². The minimum Gasteiger partial charge on any atom is -0.371 e. The van der Waals surface area contributed by atoms with Gasteiger partial charge in [0.15, 0.2) is 0 Å². The van der Waals surface area contributed by atoms with Crippen LogP contribution in [0.1, 0.15) is 31.2 Å². The topological polar surface area (TPSA) is 62.1 Å². The molecule has 1 aliphatic rings. The van der Waals surface area contributed by atoms with E-state index in [4.69, 9.17) is 10.00 Å². The maximum absolute atomic E-state index is 11.7. The Hall–Kier alpha value is -1.86. The largest absolute Gasteiger partial charge is 0.371 e. The van der Waals surface area contributed by atoms with Gasteiger partial charge in [-0.25, -0.2) is 0 Å². The molecule has 1 aromatic rings. The van der Waals surface area contributed by atoms with Gasteiger partial charge in [-0.3, -0.25) is 4.79 Å². The molecule has 1 amide bonds. The standard InChI is InChI=1S/C15H18N2O2/c16-9-13-6-3-7-14(8-13)17-15(18)11-19-10-12-4-1-2-5-12/h3,6-8,12H,1-2,4-5,10-11H2,(H,17,18). The van der Waals surface area contributed by atoms with E-state index in [1.807, 2.05) is 6.07 Å². The zero-order valence-corrected chi connectivity index (χ0v) is 10.9. The summed E-state index contributed by atoms with van der Waals surface area (Å²) in [6.07, 6.45) is 4.99. The third kappa shape index (κ3) is 4.38. The molecule has 1 fully saturated rings. The molecule has 4 heteroatoms. The van der Waals surface area contributed by atoms with Gasteiger partial charge in [0, 0.05) is 5.69 Å². The molecule has 1 aliphatic carbocycles. The Balaban J connectivity index is 1.72. The molecule has 0 spiro atoms. The molecule has 0 radical (unpaired) electrons. The van der Waals surface area contributed by atoms with Crippen LogP contribution in [0.25, 0.3) is 0 Å². The van der Waals surface area contributed by atoms with Crippen LogP contribution >= 0.6 is 0 Å². The van der Waals surface area contributed by atoms with Crippen molar-refractivity contribution in [3.05, 3.63) is 29.8 Å². The van der Waals surface area contributed by atoms with Gasteiger partial charge in [0.25, 0.3) is 0 Å². The van der Waals surface area contributed by atoms with Gasteiger partial charge in [-0.2, -0.15) is 5.26 Å². The lowest BCUT2D eigenvalue weighted by Gasteiger charge is -2.10. The predicted molar refractivity (Wildman–Crippen MR) is 72.6 cm³/mol. The molecule has 0 aliphatic heterocycles. The number of hydrogen-bond acceptors (Lipinski definition) is 3. The van der Waals surface area contributed by atoms with E-state index < -0.39 is 0 Å². The second kappa shape index (κ2) is 6.91. The number of benzene rings is 1. The monoisotopic (exact) mass is 258 g/mol. The molecule has 100 valence electrons. The zero-order chi connectivity index (χ0) is 13.5. The molecular formula is C15H18N2O2. The van der Waals surface area contributed by atoms with E-state index in [2.05, 4.69) is 5.32 Å². The number of nitrogens with zero attached hydrogens (tertiary/aromatic N) is 1. The van der Waals surface area contributed by atoms with Crippen molar-refractivity contribution in [2.75, 3.05) is 18.5 Å². The molecule has 0 heterocycles. The first-order valence-electron chi connectivity index (χ1n) is 6.65. The van der Waals surface area contributed by atoms with Gasteiger partial charge < -0.3 is 10.1 Å². The highest BCUT2D eigenvalue weighted by Crippen LogP contribution is 2.24. The molecule has 0 unspecified atom stereocenters. The van der Waals surface area contributed by atoms with Crippen LogP contribution in [0, 0.1) is 17.2 Å². The molecule has 1 N–H and O–H groups in total. The quantitative estimate of drug-likeness (QED) is 0.883. The van der Waals surface area contributed by atoms with Crippen LogP contribution in [0.2, 0.25) is 0 Å². The van der Waals surface area contributed by atoms with Crippen LogP contribution in [0.3, 0.4) is 0 Å². The molecule has 1 aromatic carbocycles.